The van der Waals surface area contributed by atoms with E-state index in [9.17, 15) is 4.79 Å². The van der Waals surface area contributed by atoms with E-state index in [1.807, 2.05) is 7.05 Å². The van der Waals surface area contributed by atoms with Crippen molar-refractivity contribution in [3.05, 3.63) is 0 Å². The first-order chi connectivity index (χ1) is 7.29. The van der Waals surface area contributed by atoms with Gasteiger partial charge < -0.3 is 10.6 Å². The van der Waals surface area contributed by atoms with Crippen molar-refractivity contribution in [2.45, 2.75) is 31.3 Å². The molecule has 2 atom stereocenters. The molecule has 1 heterocycles. The molecule has 1 aliphatic carbocycles. The largest absolute Gasteiger partial charge is 0.353 e. The molecule has 1 aliphatic heterocycles. The van der Waals surface area contributed by atoms with Crippen molar-refractivity contribution >= 4 is 5.91 Å². The van der Waals surface area contributed by atoms with Gasteiger partial charge in [-0.05, 0) is 26.3 Å². The third-order valence-electron chi connectivity index (χ3n) is 3.38. The van der Waals surface area contributed by atoms with Crippen molar-refractivity contribution in [1.29, 1.82) is 0 Å². The normalized spacial score (nSPS) is 32.1. The molecule has 2 unspecified atom stereocenters. The first kappa shape index (κ1) is 10.9. The van der Waals surface area contributed by atoms with E-state index < -0.39 is 0 Å². The highest BCUT2D eigenvalue weighted by Gasteiger charge is 2.28. The van der Waals surface area contributed by atoms with Gasteiger partial charge in [0.05, 0.1) is 5.92 Å². The van der Waals surface area contributed by atoms with Crippen LogP contribution in [0.1, 0.15) is 19.3 Å². The Hall–Kier alpha value is -0.650. The minimum atomic E-state index is 0.0960. The number of rotatable bonds is 3. The predicted octanol–water partition coefficient (Wildman–Crippen LogP) is -1.03. The molecular weight excluding hydrogens is 192 g/mol. The number of hydrogen-bond donors (Lipinski definition) is 4. The van der Waals surface area contributed by atoms with Crippen molar-refractivity contribution < 1.29 is 4.79 Å². The fourth-order valence-corrected chi connectivity index (χ4v) is 2.34. The Kier molecular flexibility index (Phi) is 3.56. The van der Waals surface area contributed by atoms with Crippen LogP contribution >= 0.6 is 0 Å². The van der Waals surface area contributed by atoms with Crippen LogP contribution in [0, 0.1) is 5.92 Å². The van der Waals surface area contributed by atoms with Crippen LogP contribution in [0.2, 0.25) is 0 Å². The molecule has 5 nitrogen and oxygen atoms in total. The highest BCUT2D eigenvalue weighted by Crippen LogP contribution is 2.19. The Bertz CT molecular complexity index is 227. The Morgan fingerprint density at radius 3 is 2.47 bits per heavy atom. The summed E-state index contributed by atoms with van der Waals surface area (Å²) in [4.78, 5) is 11.8. The van der Waals surface area contributed by atoms with Crippen LogP contribution in [-0.2, 0) is 4.79 Å². The fourth-order valence-electron chi connectivity index (χ4n) is 2.34. The van der Waals surface area contributed by atoms with E-state index in [4.69, 9.17) is 0 Å². The van der Waals surface area contributed by atoms with Crippen molar-refractivity contribution in [3.63, 3.8) is 0 Å². The van der Waals surface area contributed by atoms with Gasteiger partial charge in [0.15, 0.2) is 0 Å². The summed E-state index contributed by atoms with van der Waals surface area (Å²) < 4.78 is 0. The van der Waals surface area contributed by atoms with Gasteiger partial charge >= 0.3 is 0 Å². The smallest absolute Gasteiger partial charge is 0.226 e. The quantitative estimate of drug-likeness (QED) is 0.483. The number of carbonyl (C=O) groups is 1. The fraction of sp³-hybridized carbons (Fsp3) is 0.900. The topological polar surface area (TPSA) is 65.2 Å². The van der Waals surface area contributed by atoms with E-state index in [2.05, 4.69) is 21.5 Å². The third-order valence-corrected chi connectivity index (χ3v) is 3.38. The second-order valence-corrected chi connectivity index (χ2v) is 4.46. The summed E-state index contributed by atoms with van der Waals surface area (Å²) in [6.07, 6.45) is 3.34. The van der Waals surface area contributed by atoms with Gasteiger partial charge in [0.2, 0.25) is 5.91 Å². The zero-order valence-electron chi connectivity index (χ0n) is 9.18. The van der Waals surface area contributed by atoms with Crippen LogP contribution in [0.25, 0.3) is 0 Å². The number of hydrazine groups is 1. The van der Waals surface area contributed by atoms with Crippen LogP contribution in [-0.4, -0.2) is 38.1 Å². The second kappa shape index (κ2) is 4.92. The van der Waals surface area contributed by atoms with Gasteiger partial charge in [0, 0.05) is 25.2 Å². The SMILES string of the molecule is CNC1CCC(NC(=O)C2CNNC2)C1. The molecule has 0 bridgehead atoms. The lowest BCUT2D eigenvalue weighted by atomic mass is 10.1. The minimum Gasteiger partial charge on any atom is -0.353 e. The molecule has 1 amide bonds. The lowest BCUT2D eigenvalue weighted by molar-refractivity contribution is -0.124. The van der Waals surface area contributed by atoms with Gasteiger partial charge in [-0.3, -0.25) is 15.6 Å². The van der Waals surface area contributed by atoms with E-state index in [0.717, 1.165) is 25.9 Å². The molecule has 0 aromatic heterocycles. The monoisotopic (exact) mass is 212 g/mol. The molecule has 5 heteroatoms. The summed E-state index contributed by atoms with van der Waals surface area (Å²) in [7, 11) is 1.99. The van der Waals surface area contributed by atoms with Crippen LogP contribution < -0.4 is 21.5 Å². The predicted molar refractivity (Wildman–Crippen MR) is 58.1 cm³/mol. The average molecular weight is 212 g/mol. The molecule has 2 aliphatic rings. The molecular formula is C10H20N4O. The Balaban J connectivity index is 1.74. The summed E-state index contributed by atoms with van der Waals surface area (Å²) in [5.41, 5.74) is 5.95. The Labute approximate surface area is 90.3 Å². The maximum absolute atomic E-state index is 11.8. The molecule has 0 radical (unpaired) electrons. The summed E-state index contributed by atoms with van der Waals surface area (Å²) in [6, 6.07) is 0.950. The lowest BCUT2D eigenvalue weighted by Crippen LogP contribution is -2.40. The number of amides is 1. The lowest BCUT2D eigenvalue weighted by Gasteiger charge is -2.15. The molecule has 2 rings (SSSR count). The standard InChI is InChI=1S/C10H20N4O/c1-11-8-2-3-9(4-8)14-10(15)7-5-12-13-6-7/h7-9,11-13H,2-6H2,1H3,(H,14,15). The third kappa shape index (κ3) is 2.68. The highest BCUT2D eigenvalue weighted by molar-refractivity contribution is 5.79. The van der Waals surface area contributed by atoms with E-state index in [-0.39, 0.29) is 11.8 Å². The second-order valence-electron chi connectivity index (χ2n) is 4.46. The van der Waals surface area contributed by atoms with E-state index >= 15 is 0 Å². The number of nitrogens with one attached hydrogen (secondary N) is 4. The molecule has 86 valence electrons. The van der Waals surface area contributed by atoms with Crippen molar-refractivity contribution in [2.75, 3.05) is 20.1 Å². The van der Waals surface area contributed by atoms with Gasteiger partial charge in [-0.2, -0.15) is 0 Å². The average Bonchev–Trinajstić information content (AvgIpc) is 2.87. The summed E-state index contributed by atoms with van der Waals surface area (Å²) in [5.74, 6) is 0.285. The number of hydrogen-bond acceptors (Lipinski definition) is 4. The van der Waals surface area contributed by atoms with Crippen molar-refractivity contribution in [2.24, 2.45) is 5.92 Å². The Morgan fingerprint density at radius 1 is 1.20 bits per heavy atom. The minimum absolute atomic E-state index is 0.0960. The van der Waals surface area contributed by atoms with Crippen LogP contribution in [0.15, 0.2) is 0 Å². The molecule has 0 aromatic carbocycles. The zero-order valence-corrected chi connectivity index (χ0v) is 9.18. The molecule has 2 fully saturated rings. The van der Waals surface area contributed by atoms with Gasteiger partial charge in [-0.25, -0.2) is 0 Å². The molecule has 0 aromatic rings. The molecule has 1 saturated heterocycles. The highest BCUT2D eigenvalue weighted by atomic mass is 16.2. The molecule has 1 saturated carbocycles. The number of carbonyl (C=O) groups excluding carboxylic acids is 1. The molecule has 15 heavy (non-hydrogen) atoms. The van der Waals surface area contributed by atoms with E-state index in [0.29, 0.717) is 12.1 Å². The maximum Gasteiger partial charge on any atom is 0.226 e. The Morgan fingerprint density at radius 2 is 1.87 bits per heavy atom. The zero-order chi connectivity index (χ0) is 10.7. The summed E-state index contributed by atoms with van der Waals surface area (Å²) in [6.45, 7) is 1.49. The maximum atomic E-state index is 11.8. The van der Waals surface area contributed by atoms with Crippen LogP contribution in [0.3, 0.4) is 0 Å². The molecule has 4 N–H and O–H groups in total. The van der Waals surface area contributed by atoms with E-state index in [1.54, 1.807) is 0 Å². The summed E-state index contributed by atoms with van der Waals surface area (Å²) in [5, 5.41) is 6.39. The van der Waals surface area contributed by atoms with Crippen molar-refractivity contribution in [3.8, 4) is 0 Å². The van der Waals surface area contributed by atoms with Crippen LogP contribution in [0.5, 0.6) is 0 Å². The van der Waals surface area contributed by atoms with Gasteiger partial charge in [0.25, 0.3) is 0 Å². The van der Waals surface area contributed by atoms with E-state index in [1.165, 1.54) is 6.42 Å². The van der Waals surface area contributed by atoms with Gasteiger partial charge in [-0.15, -0.1) is 0 Å². The van der Waals surface area contributed by atoms with Gasteiger partial charge in [0.1, 0.15) is 0 Å². The molecule has 0 spiro atoms. The first-order valence-electron chi connectivity index (χ1n) is 5.73. The van der Waals surface area contributed by atoms with Crippen molar-refractivity contribution in [1.82, 2.24) is 21.5 Å². The van der Waals surface area contributed by atoms with Gasteiger partial charge in [-0.1, -0.05) is 0 Å². The first-order valence-corrected chi connectivity index (χ1v) is 5.73. The summed E-state index contributed by atoms with van der Waals surface area (Å²) >= 11 is 0. The van der Waals surface area contributed by atoms with Crippen LogP contribution in [0.4, 0.5) is 0 Å².